The summed E-state index contributed by atoms with van der Waals surface area (Å²) in [5.41, 5.74) is 1.86. The van der Waals surface area contributed by atoms with Gasteiger partial charge in [-0.1, -0.05) is 0 Å². The molecule has 7 heteroatoms. The molecule has 0 saturated heterocycles. The number of aromatic nitrogens is 3. The molecule has 116 valence electrons. The van der Waals surface area contributed by atoms with Gasteiger partial charge in [-0.15, -0.1) is 11.3 Å². The topological polar surface area (TPSA) is 74.2 Å². The summed E-state index contributed by atoms with van der Waals surface area (Å²) >= 11 is 1.49. The van der Waals surface area contributed by atoms with Crippen LogP contribution < -0.4 is 4.74 Å². The fraction of sp³-hybridized carbons (Fsp3) is 0.125. The lowest BCUT2D eigenvalue weighted by Gasteiger charge is -2.02. The SMILES string of the molecule is COc1ccc(-c2nc(COC(=O)c3cnccn3)cs2)cc1. The predicted octanol–water partition coefficient (Wildman–Crippen LogP) is 2.97. The van der Waals surface area contributed by atoms with Crippen molar-refractivity contribution in [3.63, 3.8) is 0 Å². The van der Waals surface area contributed by atoms with Crippen LogP contribution in [0.3, 0.4) is 0 Å². The molecule has 3 rings (SSSR count). The fourth-order valence-electron chi connectivity index (χ4n) is 1.86. The minimum atomic E-state index is -0.517. The quantitative estimate of drug-likeness (QED) is 0.671. The molecule has 0 radical (unpaired) electrons. The molecule has 1 aromatic carbocycles. The number of carbonyl (C=O) groups excluding carboxylic acids is 1. The highest BCUT2D eigenvalue weighted by atomic mass is 32.1. The van der Waals surface area contributed by atoms with Crippen LogP contribution in [0.1, 0.15) is 16.2 Å². The van der Waals surface area contributed by atoms with Crippen LogP contribution in [-0.2, 0) is 11.3 Å². The third kappa shape index (κ3) is 3.70. The molecule has 0 bridgehead atoms. The summed E-state index contributed by atoms with van der Waals surface area (Å²) < 4.78 is 10.3. The highest BCUT2D eigenvalue weighted by molar-refractivity contribution is 7.13. The molecule has 2 heterocycles. The number of esters is 1. The van der Waals surface area contributed by atoms with Crippen LogP contribution in [0, 0.1) is 0 Å². The van der Waals surface area contributed by atoms with Crippen LogP contribution in [0.5, 0.6) is 5.75 Å². The van der Waals surface area contributed by atoms with Gasteiger partial charge >= 0.3 is 5.97 Å². The van der Waals surface area contributed by atoms with Gasteiger partial charge < -0.3 is 9.47 Å². The first-order valence-corrected chi connectivity index (χ1v) is 7.66. The van der Waals surface area contributed by atoms with Gasteiger partial charge in [0.05, 0.1) is 19.0 Å². The number of ether oxygens (including phenoxy) is 2. The standard InChI is InChI=1S/C16H13N3O3S/c1-21-13-4-2-11(3-5-13)15-19-12(10-23-15)9-22-16(20)14-8-17-6-7-18-14/h2-8,10H,9H2,1H3. The van der Waals surface area contributed by atoms with E-state index >= 15 is 0 Å². The van der Waals surface area contributed by atoms with E-state index in [0.717, 1.165) is 16.3 Å². The normalized spacial score (nSPS) is 10.3. The van der Waals surface area contributed by atoms with Gasteiger partial charge in [-0.05, 0) is 24.3 Å². The number of nitrogens with zero attached hydrogens (tertiary/aromatic N) is 3. The van der Waals surface area contributed by atoms with E-state index in [4.69, 9.17) is 9.47 Å². The van der Waals surface area contributed by atoms with Gasteiger partial charge in [0.1, 0.15) is 17.4 Å². The summed E-state index contributed by atoms with van der Waals surface area (Å²) in [4.78, 5) is 24.0. The second-order valence-electron chi connectivity index (χ2n) is 4.54. The fourth-order valence-corrected chi connectivity index (χ4v) is 2.67. The van der Waals surface area contributed by atoms with Crippen LogP contribution >= 0.6 is 11.3 Å². The van der Waals surface area contributed by atoms with Crippen molar-refractivity contribution in [2.24, 2.45) is 0 Å². The van der Waals surface area contributed by atoms with Crippen LogP contribution in [-0.4, -0.2) is 28.0 Å². The summed E-state index contributed by atoms with van der Waals surface area (Å²) in [7, 11) is 1.63. The maximum atomic E-state index is 11.8. The van der Waals surface area contributed by atoms with E-state index in [1.165, 1.54) is 29.9 Å². The average Bonchev–Trinajstić information content (AvgIpc) is 3.09. The maximum Gasteiger partial charge on any atom is 0.358 e. The first-order valence-electron chi connectivity index (χ1n) is 6.78. The minimum absolute atomic E-state index is 0.0993. The molecule has 0 unspecified atom stereocenters. The van der Waals surface area contributed by atoms with Gasteiger partial charge in [0, 0.05) is 23.3 Å². The summed E-state index contributed by atoms with van der Waals surface area (Å²) in [6, 6.07) is 7.63. The molecule has 0 aliphatic rings. The van der Waals surface area contributed by atoms with Crippen molar-refractivity contribution < 1.29 is 14.3 Å². The monoisotopic (exact) mass is 327 g/mol. The molecule has 2 aromatic heterocycles. The number of hydrogen-bond acceptors (Lipinski definition) is 7. The molecule has 0 aliphatic carbocycles. The van der Waals surface area contributed by atoms with Gasteiger partial charge in [-0.2, -0.15) is 0 Å². The first-order chi connectivity index (χ1) is 11.3. The number of carbonyl (C=O) groups is 1. The lowest BCUT2D eigenvalue weighted by molar-refractivity contribution is 0.0461. The van der Waals surface area contributed by atoms with Crippen molar-refractivity contribution in [1.82, 2.24) is 15.0 Å². The molecule has 3 aromatic rings. The number of hydrogen-bond donors (Lipinski definition) is 0. The van der Waals surface area contributed by atoms with E-state index in [9.17, 15) is 4.79 Å². The molecule has 0 amide bonds. The smallest absolute Gasteiger partial charge is 0.358 e. The summed E-state index contributed by atoms with van der Waals surface area (Å²) in [5.74, 6) is 0.278. The zero-order valence-corrected chi connectivity index (χ0v) is 13.1. The van der Waals surface area contributed by atoms with Gasteiger partial charge in [0.25, 0.3) is 0 Å². The van der Waals surface area contributed by atoms with E-state index in [-0.39, 0.29) is 12.3 Å². The zero-order chi connectivity index (χ0) is 16.1. The molecule has 0 aliphatic heterocycles. The third-order valence-corrected chi connectivity index (χ3v) is 3.95. The van der Waals surface area contributed by atoms with E-state index in [1.807, 2.05) is 29.6 Å². The highest BCUT2D eigenvalue weighted by Crippen LogP contribution is 2.25. The van der Waals surface area contributed by atoms with Crippen LogP contribution in [0.15, 0.2) is 48.2 Å². The zero-order valence-electron chi connectivity index (χ0n) is 12.3. The Labute approximate surface area is 136 Å². The van der Waals surface area contributed by atoms with E-state index in [2.05, 4.69) is 15.0 Å². The van der Waals surface area contributed by atoms with Crippen molar-refractivity contribution in [3.8, 4) is 16.3 Å². The summed E-state index contributed by atoms with van der Waals surface area (Å²) in [6.07, 6.45) is 4.31. The van der Waals surface area contributed by atoms with Gasteiger partial charge in [-0.25, -0.2) is 14.8 Å². The van der Waals surface area contributed by atoms with Crippen molar-refractivity contribution in [3.05, 3.63) is 59.6 Å². The van der Waals surface area contributed by atoms with Crippen molar-refractivity contribution in [1.29, 1.82) is 0 Å². The second kappa shape index (κ2) is 6.97. The largest absolute Gasteiger partial charge is 0.497 e. The molecule has 0 atom stereocenters. The summed E-state index contributed by atoms with van der Waals surface area (Å²) in [5, 5.41) is 2.72. The molecule has 0 fully saturated rings. The Kier molecular flexibility index (Phi) is 4.58. The van der Waals surface area contributed by atoms with Crippen molar-refractivity contribution >= 4 is 17.3 Å². The Bertz CT molecular complexity index is 788. The molecular formula is C16H13N3O3S. The second-order valence-corrected chi connectivity index (χ2v) is 5.40. The minimum Gasteiger partial charge on any atom is -0.497 e. The molecule has 0 spiro atoms. The lowest BCUT2D eigenvalue weighted by Crippen LogP contribution is -2.07. The number of thiazole rings is 1. The highest BCUT2D eigenvalue weighted by Gasteiger charge is 2.11. The number of benzene rings is 1. The Morgan fingerprint density at radius 2 is 2.04 bits per heavy atom. The van der Waals surface area contributed by atoms with Crippen molar-refractivity contribution in [2.45, 2.75) is 6.61 Å². The first kappa shape index (κ1) is 15.1. The molecular weight excluding hydrogens is 314 g/mol. The molecule has 0 saturated carbocycles. The average molecular weight is 327 g/mol. The maximum absolute atomic E-state index is 11.8. The van der Waals surface area contributed by atoms with Gasteiger partial charge in [-0.3, -0.25) is 4.98 Å². The molecule has 23 heavy (non-hydrogen) atoms. The molecule has 0 N–H and O–H groups in total. The Hall–Kier alpha value is -2.80. The van der Waals surface area contributed by atoms with Gasteiger partial charge in [0.15, 0.2) is 5.69 Å². The number of rotatable bonds is 5. The van der Waals surface area contributed by atoms with E-state index in [1.54, 1.807) is 7.11 Å². The van der Waals surface area contributed by atoms with E-state index < -0.39 is 5.97 Å². The Morgan fingerprint density at radius 3 is 2.74 bits per heavy atom. The van der Waals surface area contributed by atoms with E-state index in [0.29, 0.717) is 5.69 Å². The summed E-state index contributed by atoms with van der Waals surface area (Å²) in [6.45, 7) is 0.0993. The number of methoxy groups -OCH3 is 1. The Morgan fingerprint density at radius 1 is 1.22 bits per heavy atom. The van der Waals surface area contributed by atoms with Gasteiger partial charge in [0.2, 0.25) is 0 Å². The predicted molar refractivity (Wildman–Crippen MR) is 85.3 cm³/mol. The molecule has 6 nitrogen and oxygen atoms in total. The van der Waals surface area contributed by atoms with Crippen LogP contribution in [0.4, 0.5) is 0 Å². The third-order valence-electron chi connectivity index (χ3n) is 3.01. The Balaban J connectivity index is 1.64. The van der Waals surface area contributed by atoms with Crippen molar-refractivity contribution in [2.75, 3.05) is 7.11 Å². The lowest BCUT2D eigenvalue weighted by atomic mass is 10.2. The van der Waals surface area contributed by atoms with Crippen LogP contribution in [0.25, 0.3) is 10.6 Å². The van der Waals surface area contributed by atoms with Crippen LogP contribution in [0.2, 0.25) is 0 Å².